The van der Waals surface area contributed by atoms with Crippen LogP contribution in [0.15, 0.2) is 48.5 Å². The van der Waals surface area contributed by atoms with E-state index in [0.29, 0.717) is 21.9 Å². The molecule has 0 unspecified atom stereocenters. The zero-order valence-corrected chi connectivity index (χ0v) is 12.8. The highest BCUT2D eigenvalue weighted by Gasteiger charge is 2.16. The summed E-state index contributed by atoms with van der Waals surface area (Å²) in [4.78, 5) is 11.2. The number of carbonyl (C=O) groups is 1. The maximum atomic E-state index is 14.5. The van der Waals surface area contributed by atoms with E-state index in [1.54, 1.807) is 24.3 Å². The van der Waals surface area contributed by atoms with Crippen molar-refractivity contribution in [3.05, 3.63) is 71.3 Å². The molecule has 0 radical (unpaired) electrons. The number of rotatable bonds is 4. The third kappa shape index (κ3) is 2.86. The molecule has 0 aliphatic carbocycles. The summed E-state index contributed by atoms with van der Waals surface area (Å²) in [5.41, 5.74) is 0.590. The Labute approximate surface area is 137 Å². The summed E-state index contributed by atoms with van der Waals surface area (Å²) >= 11 is 0. The Morgan fingerprint density at radius 1 is 1.08 bits per heavy atom. The minimum absolute atomic E-state index is 0.0618. The van der Waals surface area contributed by atoms with Gasteiger partial charge in [0.15, 0.2) is 0 Å². The quantitative estimate of drug-likeness (QED) is 0.759. The molecule has 0 heterocycles. The molecule has 3 aromatic rings. The lowest BCUT2D eigenvalue weighted by Gasteiger charge is -2.11. The molecule has 0 amide bonds. The smallest absolute Gasteiger partial charge is 0.335 e. The molecule has 5 heteroatoms. The van der Waals surface area contributed by atoms with Gasteiger partial charge in [0.1, 0.15) is 11.6 Å². The number of aromatic carboxylic acids is 1. The Bertz CT molecular complexity index is 912. The summed E-state index contributed by atoms with van der Waals surface area (Å²) in [6.45, 7) is 0.104. The molecule has 0 spiro atoms. The average Bonchev–Trinajstić information content (AvgIpc) is 2.54. The SMILES string of the molecule is COCc1cc(F)c(-c2cccc3ccc(C(=O)O)cc23)c(F)c1. The van der Waals surface area contributed by atoms with Crippen LogP contribution in [-0.4, -0.2) is 18.2 Å². The van der Waals surface area contributed by atoms with Gasteiger partial charge < -0.3 is 9.84 Å². The lowest BCUT2D eigenvalue weighted by molar-refractivity contribution is 0.0697. The van der Waals surface area contributed by atoms with E-state index in [-0.39, 0.29) is 17.7 Å². The van der Waals surface area contributed by atoms with E-state index in [4.69, 9.17) is 9.84 Å². The van der Waals surface area contributed by atoms with Gasteiger partial charge in [0.05, 0.1) is 17.7 Å². The van der Waals surface area contributed by atoms with E-state index in [1.165, 1.54) is 31.4 Å². The van der Waals surface area contributed by atoms with E-state index in [1.807, 2.05) is 0 Å². The molecule has 0 fully saturated rings. The Morgan fingerprint density at radius 3 is 2.42 bits per heavy atom. The van der Waals surface area contributed by atoms with E-state index >= 15 is 0 Å². The molecule has 3 nitrogen and oxygen atoms in total. The zero-order valence-electron chi connectivity index (χ0n) is 12.8. The Hall–Kier alpha value is -2.79. The molecule has 1 N–H and O–H groups in total. The summed E-state index contributed by atoms with van der Waals surface area (Å²) in [5, 5.41) is 10.3. The van der Waals surface area contributed by atoms with Crippen molar-refractivity contribution in [3.63, 3.8) is 0 Å². The van der Waals surface area contributed by atoms with Crippen LogP contribution in [0.3, 0.4) is 0 Å². The van der Waals surface area contributed by atoms with Crippen LogP contribution in [-0.2, 0) is 11.3 Å². The number of fused-ring (bicyclic) bond motifs is 1. The Morgan fingerprint density at radius 2 is 1.79 bits per heavy atom. The molecule has 3 rings (SSSR count). The second-order valence-corrected chi connectivity index (χ2v) is 5.41. The van der Waals surface area contributed by atoms with Crippen molar-refractivity contribution in [2.24, 2.45) is 0 Å². The van der Waals surface area contributed by atoms with Gasteiger partial charge in [-0.05, 0) is 46.2 Å². The van der Waals surface area contributed by atoms with Gasteiger partial charge in [-0.25, -0.2) is 13.6 Å². The first-order valence-electron chi connectivity index (χ1n) is 7.24. The third-order valence-electron chi connectivity index (χ3n) is 3.81. The van der Waals surface area contributed by atoms with Crippen LogP contribution in [0.2, 0.25) is 0 Å². The van der Waals surface area contributed by atoms with E-state index < -0.39 is 17.6 Å². The summed E-state index contributed by atoms with van der Waals surface area (Å²) in [6, 6.07) is 12.0. The van der Waals surface area contributed by atoms with Crippen molar-refractivity contribution < 1.29 is 23.4 Å². The Kier molecular flexibility index (Phi) is 4.27. The first kappa shape index (κ1) is 16.1. The third-order valence-corrected chi connectivity index (χ3v) is 3.81. The molecular formula is C19H14F2O3. The molecule has 0 aliphatic heterocycles. The lowest BCUT2D eigenvalue weighted by Crippen LogP contribution is -1.98. The van der Waals surface area contributed by atoms with Crippen LogP contribution in [0.5, 0.6) is 0 Å². The standard InChI is InChI=1S/C19H14F2O3/c1-24-10-11-7-16(20)18(17(21)8-11)14-4-2-3-12-5-6-13(19(22)23)9-15(12)14/h2-9H,10H2,1H3,(H,22,23). The fraction of sp³-hybridized carbons (Fsp3) is 0.105. The van der Waals surface area contributed by atoms with E-state index in [9.17, 15) is 13.6 Å². The number of hydrogen-bond acceptors (Lipinski definition) is 2. The highest BCUT2D eigenvalue weighted by atomic mass is 19.1. The van der Waals surface area contributed by atoms with Crippen molar-refractivity contribution in [1.82, 2.24) is 0 Å². The molecule has 0 saturated carbocycles. The molecular weight excluding hydrogens is 314 g/mol. The first-order chi connectivity index (χ1) is 11.5. The summed E-state index contributed by atoms with van der Waals surface area (Å²) in [5.74, 6) is -2.52. The van der Waals surface area contributed by atoms with E-state index in [0.717, 1.165) is 0 Å². The minimum Gasteiger partial charge on any atom is -0.478 e. The number of ether oxygens (including phenoxy) is 1. The second-order valence-electron chi connectivity index (χ2n) is 5.41. The predicted octanol–water partition coefficient (Wildman–Crippen LogP) is 4.63. The average molecular weight is 328 g/mol. The lowest BCUT2D eigenvalue weighted by atomic mass is 9.95. The van der Waals surface area contributed by atoms with Gasteiger partial charge in [0.25, 0.3) is 0 Å². The molecule has 0 aromatic heterocycles. The fourth-order valence-electron chi connectivity index (χ4n) is 2.76. The maximum Gasteiger partial charge on any atom is 0.335 e. The molecule has 0 saturated heterocycles. The highest BCUT2D eigenvalue weighted by Crippen LogP contribution is 2.33. The van der Waals surface area contributed by atoms with Gasteiger partial charge in [-0.15, -0.1) is 0 Å². The van der Waals surface area contributed by atoms with Gasteiger partial charge in [0, 0.05) is 7.11 Å². The maximum absolute atomic E-state index is 14.5. The van der Waals surface area contributed by atoms with Gasteiger partial charge >= 0.3 is 5.97 Å². The fourth-order valence-corrected chi connectivity index (χ4v) is 2.76. The van der Waals surface area contributed by atoms with Crippen LogP contribution in [0.1, 0.15) is 15.9 Å². The molecule has 0 bridgehead atoms. The van der Waals surface area contributed by atoms with Crippen LogP contribution in [0.4, 0.5) is 8.78 Å². The minimum atomic E-state index is -1.09. The topological polar surface area (TPSA) is 46.5 Å². The first-order valence-corrected chi connectivity index (χ1v) is 7.24. The summed E-state index contributed by atoms with van der Waals surface area (Å²) in [7, 11) is 1.45. The van der Waals surface area contributed by atoms with Crippen molar-refractivity contribution in [3.8, 4) is 11.1 Å². The molecule has 3 aromatic carbocycles. The monoisotopic (exact) mass is 328 g/mol. The van der Waals surface area contributed by atoms with Crippen LogP contribution >= 0.6 is 0 Å². The summed E-state index contributed by atoms with van der Waals surface area (Å²) in [6.07, 6.45) is 0. The molecule has 24 heavy (non-hydrogen) atoms. The molecule has 0 atom stereocenters. The van der Waals surface area contributed by atoms with Gasteiger partial charge in [-0.2, -0.15) is 0 Å². The number of hydrogen-bond donors (Lipinski definition) is 1. The molecule has 0 aliphatic rings. The highest BCUT2D eigenvalue weighted by molar-refractivity contribution is 6.01. The van der Waals surface area contributed by atoms with Gasteiger partial charge in [-0.3, -0.25) is 0 Å². The van der Waals surface area contributed by atoms with Gasteiger partial charge in [-0.1, -0.05) is 24.3 Å². The van der Waals surface area contributed by atoms with Crippen LogP contribution in [0, 0.1) is 11.6 Å². The van der Waals surface area contributed by atoms with Gasteiger partial charge in [0.2, 0.25) is 0 Å². The predicted molar refractivity (Wildman–Crippen MR) is 87.0 cm³/mol. The van der Waals surface area contributed by atoms with Crippen molar-refractivity contribution in [2.75, 3.05) is 7.11 Å². The normalized spacial score (nSPS) is 11.0. The number of methoxy groups -OCH3 is 1. The Balaban J connectivity index is 2.26. The van der Waals surface area contributed by atoms with Crippen LogP contribution in [0.25, 0.3) is 21.9 Å². The second kappa shape index (κ2) is 6.37. The van der Waals surface area contributed by atoms with Crippen molar-refractivity contribution >= 4 is 16.7 Å². The zero-order chi connectivity index (χ0) is 17.3. The molecule has 122 valence electrons. The number of halogens is 2. The van der Waals surface area contributed by atoms with Crippen molar-refractivity contribution in [1.29, 1.82) is 0 Å². The largest absolute Gasteiger partial charge is 0.478 e. The number of carboxylic acids is 1. The van der Waals surface area contributed by atoms with Crippen molar-refractivity contribution in [2.45, 2.75) is 6.61 Å². The number of benzene rings is 3. The number of carboxylic acid groups (broad SMARTS) is 1. The summed E-state index contributed by atoms with van der Waals surface area (Å²) < 4.78 is 33.9. The van der Waals surface area contributed by atoms with Crippen LogP contribution < -0.4 is 0 Å². The van der Waals surface area contributed by atoms with E-state index in [2.05, 4.69) is 0 Å².